The zero-order chi connectivity index (χ0) is 27.4. The number of carbonyl (C=O) groups is 1. The molecule has 2 aliphatic rings. The Bertz CT molecular complexity index is 1860. The second-order valence-electron chi connectivity index (χ2n) is 9.73. The number of carbonyl (C=O) groups excluding carboxylic acids is 1. The van der Waals surface area contributed by atoms with Gasteiger partial charge in [-0.25, -0.2) is 4.79 Å². The molecule has 5 aromatic rings. The minimum atomic E-state index is -0.581. The van der Waals surface area contributed by atoms with Gasteiger partial charge in [-0.15, -0.1) is 0 Å². The van der Waals surface area contributed by atoms with Crippen molar-refractivity contribution < 1.29 is 28.6 Å². The van der Waals surface area contributed by atoms with Gasteiger partial charge in [0.25, 0.3) is 5.91 Å². The number of fused-ring (bicyclic) bond motifs is 2. The number of aromatic nitrogens is 4. The Balaban J connectivity index is 1.43. The summed E-state index contributed by atoms with van der Waals surface area (Å²) in [6, 6.07) is 21.7. The Kier molecular flexibility index (Phi) is 5.41. The third-order valence-electron chi connectivity index (χ3n) is 7.26. The first-order valence-corrected chi connectivity index (χ1v) is 12.7. The maximum atomic E-state index is 13.5. The van der Waals surface area contributed by atoms with Crippen LogP contribution in [0.25, 0.3) is 17.3 Å². The van der Waals surface area contributed by atoms with Crippen molar-refractivity contribution >= 4 is 17.6 Å². The molecule has 0 amide bonds. The van der Waals surface area contributed by atoms with E-state index in [2.05, 4.69) is 10.4 Å². The molecule has 40 heavy (non-hydrogen) atoms. The molecule has 1 unspecified atom stereocenters. The van der Waals surface area contributed by atoms with Crippen LogP contribution in [0.15, 0.2) is 82.1 Å². The smallest absolute Gasteiger partial charge is 0.435 e. The summed E-state index contributed by atoms with van der Waals surface area (Å²) in [5.74, 6) is -0.309. The molecular weight excluding hydrogens is 512 g/mol. The summed E-state index contributed by atoms with van der Waals surface area (Å²) in [5, 5.41) is 20.2. The molecule has 10 heteroatoms. The molecule has 3 heterocycles. The molecule has 0 bridgehead atoms. The second kappa shape index (κ2) is 9.12. The predicted molar refractivity (Wildman–Crippen MR) is 140 cm³/mol. The number of benzene rings is 3. The van der Waals surface area contributed by atoms with E-state index in [0.717, 1.165) is 15.8 Å². The lowest BCUT2D eigenvalue weighted by atomic mass is 9.80. The van der Waals surface area contributed by atoms with Crippen LogP contribution < -0.4 is 24.9 Å². The molecule has 1 aliphatic carbocycles. The number of ether oxygens (including phenoxy) is 2. The van der Waals surface area contributed by atoms with Gasteiger partial charge in [0.15, 0.2) is 11.5 Å². The summed E-state index contributed by atoms with van der Waals surface area (Å²) in [4.78, 5) is 26.6. The predicted octanol–water partition coefficient (Wildman–Crippen LogP) is 3.32. The monoisotopic (exact) mass is 534 g/mol. The summed E-state index contributed by atoms with van der Waals surface area (Å²) in [6.45, 7) is 2.08. The Morgan fingerprint density at radius 3 is 2.62 bits per heavy atom. The second-order valence-corrected chi connectivity index (χ2v) is 9.73. The van der Waals surface area contributed by atoms with E-state index in [1.807, 2.05) is 43.3 Å². The van der Waals surface area contributed by atoms with Crippen molar-refractivity contribution in [1.29, 1.82) is 0 Å². The lowest BCUT2D eigenvalue weighted by molar-refractivity contribution is -0.672. The molecular formula is C30H22N4O6. The normalized spacial score (nSPS) is 15.5. The van der Waals surface area contributed by atoms with Gasteiger partial charge >= 0.3 is 11.3 Å². The summed E-state index contributed by atoms with van der Waals surface area (Å²) in [7, 11) is 0. The third-order valence-corrected chi connectivity index (χ3v) is 7.26. The van der Waals surface area contributed by atoms with E-state index in [1.54, 1.807) is 47.2 Å². The van der Waals surface area contributed by atoms with Crippen LogP contribution in [0.2, 0.25) is 0 Å². The number of allylic oxidation sites excluding steroid dienone is 1. The van der Waals surface area contributed by atoms with Crippen LogP contribution in [0.1, 0.15) is 50.8 Å². The summed E-state index contributed by atoms with van der Waals surface area (Å²) in [6.07, 6.45) is 1.96. The van der Waals surface area contributed by atoms with Gasteiger partial charge in [-0.1, -0.05) is 42.0 Å². The van der Waals surface area contributed by atoms with Crippen molar-refractivity contribution in [2.24, 2.45) is 0 Å². The highest BCUT2D eigenvalue weighted by Crippen LogP contribution is 2.46. The Hall–Kier alpha value is -5.38. The number of nitrogens with zero attached hydrogens (tertiary/aromatic N) is 3. The van der Waals surface area contributed by atoms with Crippen LogP contribution in [0.5, 0.6) is 17.4 Å². The molecule has 2 aromatic heterocycles. The van der Waals surface area contributed by atoms with Gasteiger partial charge in [0.2, 0.25) is 12.5 Å². The minimum absolute atomic E-state index is 0.108. The summed E-state index contributed by atoms with van der Waals surface area (Å²) < 4.78 is 19.0. The van der Waals surface area contributed by atoms with Crippen molar-refractivity contribution in [3.05, 3.63) is 117 Å². The van der Waals surface area contributed by atoms with E-state index >= 15 is 0 Å². The van der Waals surface area contributed by atoms with Gasteiger partial charge < -0.3 is 14.6 Å². The van der Waals surface area contributed by atoms with E-state index < -0.39 is 23.3 Å². The zero-order valence-electron chi connectivity index (χ0n) is 21.3. The third kappa shape index (κ3) is 3.80. The fourth-order valence-electron chi connectivity index (χ4n) is 5.29. The van der Waals surface area contributed by atoms with Crippen molar-refractivity contribution in [2.75, 3.05) is 6.79 Å². The molecule has 198 valence electrons. The molecule has 1 aliphatic heterocycles. The summed E-state index contributed by atoms with van der Waals surface area (Å²) >= 11 is 0. The van der Waals surface area contributed by atoms with Crippen LogP contribution >= 0.6 is 0 Å². The van der Waals surface area contributed by atoms with Gasteiger partial charge in [0, 0.05) is 35.1 Å². The van der Waals surface area contributed by atoms with E-state index in [9.17, 15) is 14.7 Å². The van der Waals surface area contributed by atoms with Crippen molar-refractivity contribution in [1.82, 2.24) is 15.1 Å². The van der Waals surface area contributed by atoms with E-state index in [0.29, 0.717) is 39.6 Å². The average Bonchev–Trinajstić information content (AvgIpc) is 3.69. The molecule has 0 saturated heterocycles. The first kappa shape index (κ1) is 23.7. The molecule has 0 spiro atoms. The highest BCUT2D eigenvalue weighted by Gasteiger charge is 2.36. The summed E-state index contributed by atoms with van der Waals surface area (Å²) in [5.41, 5.74) is 3.84. The Morgan fingerprint density at radius 2 is 1.82 bits per heavy atom. The van der Waals surface area contributed by atoms with Gasteiger partial charge in [-0.2, -0.15) is 9.78 Å². The van der Waals surface area contributed by atoms with Crippen molar-refractivity contribution in [3.63, 3.8) is 0 Å². The molecule has 0 saturated carbocycles. The van der Waals surface area contributed by atoms with Crippen molar-refractivity contribution in [2.45, 2.75) is 19.3 Å². The lowest BCUT2D eigenvalue weighted by Crippen LogP contribution is -2.38. The van der Waals surface area contributed by atoms with E-state index in [1.165, 1.54) is 0 Å². The molecule has 3 aromatic carbocycles. The number of hydrogen-bond donors (Lipinski definition) is 1. The number of aromatic amines is 1. The first-order chi connectivity index (χ1) is 19.5. The van der Waals surface area contributed by atoms with Gasteiger partial charge in [0.1, 0.15) is 0 Å². The largest absolute Gasteiger partial charge is 0.857 e. The highest BCUT2D eigenvalue weighted by atomic mass is 16.7. The van der Waals surface area contributed by atoms with Crippen LogP contribution in [0.3, 0.4) is 0 Å². The van der Waals surface area contributed by atoms with Crippen LogP contribution in [-0.4, -0.2) is 27.8 Å². The molecule has 10 nitrogen and oxygen atoms in total. The van der Waals surface area contributed by atoms with Crippen molar-refractivity contribution in [3.8, 4) is 23.1 Å². The standard InChI is InChI=1S/C30H22N4O6/c1-17-7-10-21(11-8-17)33-27(30(37)40-32-33)20-13-22(19-9-12-24-25(15-19)39-16-38-24)26-23(14-20)34(31-28(26)35)29(36)18-5-3-2-4-6-18/h2-12,14-15,22H,13,16H2,1H3,(H-,31,32,35,37). The Labute approximate surface area is 227 Å². The lowest BCUT2D eigenvalue weighted by Gasteiger charge is -2.24. The zero-order valence-corrected chi connectivity index (χ0v) is 21.3. The molecule has 7 rings (SSSR count). The molecule has 0 fully saturated rings. The number of H-pyrrole nitrogens is 1. The van der Waals surface area contributed by atoms with Gasteiger partial charge in [-0.3, -0.25) is 9.32 Å². The van der Waals surface area contributed by atoms with Crippen LogP contribution in [-0.2, 0) is 0 Å². The Morgan fingerprint density at radius 1 is 1.05 bits per heavy atom. The minimum Gasteiger partial charge on any atom is -0.857 e. The first-order valence-electron chi connectivity index (χ1n) is 12.7. The maximum absolute atomic E-state index is 13.5. The van der Waals surface area contributed by atoms with Crippen LogP contribution in [0.4, 0.5) is 0 Å². The quantitative estimate of drug-likeness (QED) is 0.351. The molecule has 1 N–H and O–H groups in total. The number of rotatable bonds is 4. The average molecular weight is 535 g/mol. The molecule has 1 atom stereocenters. The van der Waals surface area contributed by atoms with Gasteiger partial charge in [0.05, 0.1) is 5.69 Å². The number of nitrogens with one attached hydrogen (secondary N) is 1. The number of aryl methyl sites for hydroxylation is 1. The SMILES string of the molecule is Cc1ccc(-[n+]2[nH]oc(=O)c2C2=Cc3c(c([O-])nn3C(=O)c3ccccc3)C(c3ccc4c(c3)OCO4)C2)cc1. The topological polar surface area (TPSA) is 126 Å². The van der Waals surface area contributed by atoms with Gasteiger partial charge in [-0.05, 0) is 64.8 Å². The molecule has 0 radical (unpaired) electrons. The van der Waals surface area contributed by atoms with E-state index in [-0.39, 0.29) is 18.9 Å². The number of hydrogen-bond acceptors (Lipinski definition) is 7. The maximum Gasteiger partial charge on any atom is 0.435 e. The van der Waals surface area contributed by atoms with Crippen LogP contribution in [0, 0.1) is 6.92 Å². The van der Waals surface area contributed by atoms with E-state index in [4.69, 9.17) is 14.0 Å². The highest BCUT2D eigenvalue weighted by molar-refractivity contribution is 5.98. The fourth-order valence-corrected chi connectivity index (χ4v) is 5.29. The fraction of sp³-hybridized carbons (Fsp3) is 0.133.